The maximum Gasteiger partial charge on any atom is 0.204 e. The van der Waals surface area contributed by atoms with Gasteiger partial charge in [-0.25, -0.2) is 8.78 Å². The van der Waals surface area contributed by atoms with Crippen LogP contribution in [0.3, 0.4) is 0 Å². The lowest BCUT2D eigenvalue weighted by atomic mass is 10.1. The number of benzene rings is 1. The third-order valence-corrected chi connectivity index (χ3v) is 2.09. The van der Waals surface area contributed by atoms with Crippen molar-refractivity contribution in [1.82, 2.24) is 0 Å². The van der Waals surface area contributed by atoms with E-state index in [1.807, 2.05) is 0 Å². The van der Waals surface area contributed by atoms with Crippen molar-refractivity contribution in [2.45, 2.75) is 0 Å². The highest BCUT2D eigenvalue weighted by atomic mass is 79.9. The van der Waals surface area contributed by atoms with E-state index in [1.165, 1.54) is 0 Å². The maximum atomic E-state index is 13.2. The Kier molecular flexibility index (Phi) is 3.38. The Labute approximate surface area is 91.5 Å². The third kappa shape index (κ3) is 1.86. The molecule has 1 rings (SSSR count). The molecule has 0 aliphatic heterocycles. The molecule has 0 unspecified atom stereocenters. The zero-order valence-electron chi connectivity index (χ0n) is 7.51. The van der Waals surface area contributed by atoms with Gasteiger partial charge in [0.1, 0.15) is 0 Å². The minimum absolute atomic E-state index is 0.294. The Morgan fingerprint density at radius 2 is 1.47 bits per heavy atom. The smallest absolute Gasteiger partial charge is 0.204 e. The summed E-state index contributed by atoms with van der Waals surface area (Å²) in [7, 11) is 0.906. The van der Waals surface area contributed by atoms with Crippen LogP contribution in [0.1, 0.15) is 5.56 Å². The molecule has 1 aromatic carbocycles. The Morgan fingerprint density at radius 1 is 1.07 bits per heavy atom. The van der Waals surface area contributed by atoms with Crippen LogP contribution < -0.4 is 4.74 Å². The highest BCUT2D eigenvalue weighted by Crippen LogP contribution is 2.34. The van der Waals surface area contributed by atoms with Crippen LogP contribution in [0.2, 0.25) is 0 Å². The van der Waals surface area contributed by atoms with E-state index in [0.717, 1.165) is 7.11 Å². The predicted molar refractivity (Wildman–Crippen MR) is 50.8 cm³/mol. The molecule has 0 aromatic heterocycles. The van der Waals surface area contributed by atoms with Gasteiger partial charge in [0.25, 0.3) is 0 Å². The van der Waals surface area contributed by atoms with Crippen LogP contribution in [-0.4, -0.2) is 7.11 Å². The Bertz CT molecular complexity index is 402. The highest BCUT2D eigenvalue weighted by molar-refractivity contribution is 9.15. The molecule has 1 aromatic rings. The van der Waals surface area contributed by atoms with Gasteiger partial charge in [-0.05, 0) is 0 Å². The topological polar surface area (TPSA) is 9.23 Å². The van der Waals surface area contributed by atoms with Gasteiger partial charge in [0.15, 0.2) is 17.4 Å². The molecule has 0 heterocycles. The lowest BCUT2D eigenvalue weighted by Crippen LogP contribution is -2.04. The van der Waals surface area contributed by atoms with Crippen LogP contribution in [0, 0.1) is 23.3 Å². The average molecular weight is 285 g/mol. The molecular formula is C9H5BrF4O. The van der Waals surface area contributed by atoms with Crippen molar-refractivity contribution in [2.24, 2.45) is 0 Å². The largest absolute Gasteiger partial charge is 0.491 e. The summed E-state index contributed by atoms with van der Waals surface area (Å²) >= 11 is 2.65. The van der Waals surface area contributed by atoms with Crippen LogP contribution in [0.4, 0.5) is 17.6 Å². The Morgan fingerprint density at radius 3 is 1.73 bits per heavy atom. The lowest BCUT2D eigenvalue weighted by Gasteiger charge is -2.09. The molecule has 0 N–H and O–H groups in total. The van der Waals surface area contributed by atoms with Crippen molar-refractivity contribution in [3.05, 3.63) is 35.4 Å². The normalized spacial score (nSPS) is 10.3. The molecule has 15 heavy (non-hydrogen) atoms. The van der Waals surface area contributed by atoms with E-state index in [2.05, 4.69) is 27.2 Å². The second-order valence-electron chi connectivity index (χ2n) is 2.57. The molecule has 6 heteroatoms. The fraction of sp³-hybridized carbons (Fsp3) is 0.111. The van der Waals surface area contributed by atoms with Gasteiger partial charge in [-0.15, -0.1) is 0 Å². The summed E-state index contributed by atoms with van der Waals surface area (Å²) in [4.78, 5) is 0. The summed E-state index contributed by atoms with van der Waals surface area (Å²) < 4.78 is 56.5. The minimum Gasteiger partial charge on any atom is -0.491 e. The maximum absolute atomic E-state index is 13.2. The minimum atomic E-state index is -1.59. The average Bonchev–Trinajstić information content (AvgIpc) is 2.16. The van der Waals surface area contributed by atoms with Crippen molar-refractivity contribution < 1.29 is 22.3 Å². The molecule has 0 bridgehead atoms. The molecule has 0 atom stereocenters. The second-order valence-corrected chi connectivity index (χ2v) is 3.53. The van der Waals surface area contributed by atoms with Crippen LogP contribution in [0.5, 0.6) is 5.75 Å². The second kappa shape index (κ2) is 4.22. The van der Waals surface area contributed by atoms with Gasteiger partial charge in [0.2, 0.25) is 11.6 Å². The van der Waals surface area contributed by atoms with Crippen LogP contribution in [0.25, 0.3) is 4.48 Å². The predicted octanol–water partition coefficient (Wildman–Crippen LogP) is 3.62. The first-order valence-corrected chi connectivity index (χ1v) is 4.45. The van der Waals surface area contributed by atoms with Crippen LogP contribution in [-0.2, 0) is 0 Å². The Hall–Kier alpha value is -1.04. The van der Waals surface area contributed by atoms with E-state index in [0.29, 0.717) is 0 Å². The summed E-state index contributed by atoms with van der Waals surface area (Å²) in [6, 6.07) is 0. The van der Waals surface area contributed by atoms with Gasteiger partial charge < -0.3 is 4.74 Å². The molecule has 0 radical (unpaired) electrons. The monoisotopic (exact) mass is 284 g/mol. The van der Waals surface area contributed by atoms with Crippen molar-refractivity contribution in [3.8, 4) is 5.75 Å². The fourth-order valence-electron chi connectivity index (χ4n) is 1.03. The number of hydrogen-bond donors (Lipinski definition) is 0. The number of hydrogen-bond acceptors (Lipinski definition) is 1. The van der Waals surface area contributed by atoms with Gasteiger partial charge in [0, 0.05) is 4.48 Å². The summed E-state index contributed by atoms with van der Waals surface area (Å²) in [6.07, 6.45) is 0. The number of halogens is 5. The van der Waals surface area contributed by atoms with Gasteiger partial charge in [0.05, 0.1) is 12.7 Å². The molecule has 0 amide bonds. The third-order valence-electron chi connectivity index (χ3n) is 1.70. The molecular weight excluding hydrogens is 280 g/mol. The van der Waals surface area contributed by atoms with E-state index in [-0.39, 0.29) is 4.48 Å². The summed E-state index contributed by atoms with van der Waals surface area (Å²) in [5.41, 5.74) is -0.884. The van der Waals surface area contributed by atoms with Crippen LogP contribution >= 0.6 is 15.9 Å². The van der Waals surface area contributed by atoms with E-state index in [1.54, 1.807) is 0 Å². The molecule has 0 saturated carbocycles. The van der Waals surface area contributed by atoms with Crippen molar-refractivity contribution in [1.29, 1.82) is 0 Å². The van der Waals surface area contributed by atoms with E-state index >= 15 is 0 Å². The van der Waals surface area contributed by atoms with E-state index < -0.39 is 34.6 Å². The number of methoxy groups -OCH3 is 1. The van der Waals surface area contributed by atoms with Crippen molar-refractivity contribution in [2.75, 3.05) is 7.11 Å². The first-order valence-electron chi connectivity index (χ1n) is 3.66. The molecule has 1 nitrogen and oxygen atoms in total. The van der Waals surface area contributed by atoms with E-state index in [4.69, 9.17) is 0 Å². The van der Waals surface area contributed by atoms with Crippen molar-refractivity contribution >= 4 is 20.4 Å². The zero-order chi connectivity index (χ0) is 11.7. The first kappa shape index (κ1) is 12.0. The summed E-state index contributed by atoms with van der Waals surface area (Å²) in [6.45, 7) is 3.15. The molecule has 0 spiro atoms. The van der Waals surface area contributed by atoms with Gasteiger partial charge in [-0.1, -0.05) is 22.5 Å². The van der Waals surface area contributed by atoms with Gasteiger partial charge in [-0.2, -0.15) is 8.78 Å². The number of ether oxygens (including phenoxy) is 1. The molecule has 82 valence electrons. The number of rotatable bonds is 2. The molecule has 0 fully saturated rings. The van der Waals surface area contributed by atoms with Gasteiger partial charge >= 0.3 is 0 Å². The molecule has 0 saturated heterocycles. The lowest BCUT2D eigenvalue weighted by molar-refractivity contribution is 0.331. The summed E-state index contributed by atoms with van der Waals surface area (Å²) in [5.74, 6) is -7.37. The summed E-state index contributed by atoms with van der Waals surface area (Å²) in [5, 5.41) is 0. The fourth-order valence-corrected chi connectivity index (χ4v) is 1.38. The Balaban J connectivity index is 3.66. The first-order chi connectivity index (χ1) is 6.91. The molecule has 0 aliphatic carbocycles. The molecule has 0 aliphatic rings. The van der Waals surface area contributed by atoms with E-state index in [9.17, 15) is 17.6 Å². The standard InChI is InChI=1S/C9H5BrF4O/c1-3(10)4-5(11)7(13)9(15-2)8(14)6(4)12/h1H2,2H3. The quantitative estimate of drug-likeness (QED) is 0.595. The zero-order valence-corrected chi connectivity index (χ0v) is 9.09. The SMILES string of the molecule is C=C(Br)c1c(F)c(F)c(OC)c(F)c1F. The van der Waals surface area contributed by atoms with Gasteiger partial charge in [-0.3, -0.25) is 0 Å². The van der Waals surface area contributed by atoms with Crippen molar-refractivity contribution in [3.63, 3.8) is 0 Å². The highest BCUT2D eigenvalue weighted by Gasteiger charge is 2.26. The van der Waals surface area contributed by atoms with Crippen LogP contribution in [0.15, 0.2) is 6.58 Å².